The Morgan fingerprint density at radius 3 is 2.54 bits per heavy atom. The van der Waals surface area contributed by atoms with Gasteiger partial charge in [-0.1, -0.05) is 13.8 Å². The van der Waals surface area contributed by atoms with E-state index in [1.54, 1.807) is 6.92 Å². The molecule has 3 rings (SSSR count). The Morgan fingerprint density at radius 2 is 2.00 bits per heavy atom. The molecule has 26 heavy (non-hydrogen) atoms. The highest BCUT2D eigenvalue weighted by Gasteiger charge is 2.65. The third-order valence-corrected chi connectivity index (χ3v) is 8.43. The van der Waals surface area contributed by atoms with Gasteiger partial charge < -0.3 is 4.74 Å². The van der Waals surface area contributed by atoms with Crippen molar-refractivity contribution in [1.82, 2.24) is 4.31 Å². The van der Waals surface area contributed by atoms with Gasteiger partial charge in [0.15, 0.2) is 5.78 Å². The Morgan fingerprint density at radius 1 is 1.31 bits per heavy atom. The van der Waals surface area contributed by atoms with Crippen LogP contribution in [0.5, 0.6) is 0 Å². The summed E-state index contributed by atoms with van der Waals surface area (Å²) < 4.78 is 32.2. The molecule has 0 aromatic heterocycles. The van der Waals surface area contributed by atoms with Crippen LogP contribution in [0.15, 0.2) is 12.3 Å². The van der Waals surface area contributed by atoms with E-state index in [1.165, 1.54) is 0 Å². The summed E-state index contributed by atoms with van der Waals surface area (Å²) in [6.07, 6.45) is 3.84. The molecule has 8 heteroatoms. The van der Waals surface area contributed by atoms with Crippen LogP contribution in [0.1, 0.15) is 46.5 Å². The van der Waals surface area contributed by atoms with Gasteiger partial charge in [0.25, 0.3) is 0 Å². The van der Waals surface area contributed by atoms with E-state index in [-0.39, 0.29) is 36.3 Å². The van der Waals surface area contributed by atoms with E-state index >= 15 is 0 Å². The number of rotatable bonds is 5. The Bertz CT molecular complexity index is 784. The maximum absolute atomic E-state index is 13.2. The average molecular weight is 383 g/mol. The van der Waals surface area contributed by atoms with E-state index in [1.807, 2.05) is 13.8 Å². The normalized spacial score (nSPS) is 33.0. The van der Waals surface area contributed by atoms with Crippen LogP contribution in [0.3, 0.4) is 0 Å². The van der Waals surface area contributed by atoms with E-state index in [0.717, 1.165) is 23.0 Å². The van der Waals surface area contributed by atoms with Crippen LogP contribution in [0.2, 0.25) is 0 Å². The van der Waals surface area contributed by atoms with Crippen molar-refractivity contribution in [3.05, 3.63) is 12.3 Å². The molecule has 3 aliphatic rings. The molecule has 0 radical (unpaired) electrons. The van der Waals surface area contributed by atoms with Crippen LogP contribution in [0, 0.1) is 16.7 Å². The van der Waals surface area contributed by atoms with Gasteiger partial charge in [-0.05, 0) is 37.2 Å². The quantitative estimate of drug-likeness (QED) is 0.666. The minimum atomic E-state index is -3.98. The number of ketones is 2. The zero-order valence-corrected chi connectivity index (χ0v) is 16.2. The minimum Gasteiger partial charge on any atom is -0.464 e. The third-order valence-electron chi connectivity index (χ3n) is 6.56. The topological polar surface area (TPSA) is 97.8 Å². The summed E-state index contributed by atoms with van der Waals surface area (Å²) >= 11 is 0. The summed E-state index contributed by atoms with van der Waals surface area (Å²) in [7, 11) is -3.98. The van der Waals surface area contributed by atoms with E-state index in [2.05, 4.69) is 0 Å². The van der Waals surface area contributed by atoms with Gasteiger partial charge in [-0.2, -0.15) is 0 Å². The van der Waals surface area contributed by atoms with Gasteiger partial charge in [0.1, 0.15) is 11.8 Å². The monoisotopic (exact) mass is 383 g/mol. The Labute approximate surface area is 153 Å². The maximum Gasteiger partial charge on any atom is 0.330 e. The van der Waals surface area contributed by atoms with Crippen molar-refractivity contribution in [3.63, 3.8) is 0 Å². The molecule has 0 aromatic rings. The van der Waals surface area contributed by atoms with Crippen LogP contribution >= 0.6 is 0 Å². The predicted molar refractivity (Wildman–Crippen MR) is 93.4 cm³/mol. The number of ether oxygens (including phenoxy) is 1. The Hall–Kier alpha value is -1.70. The number of Topliss-reactive ketones (excluding diaryl/α,β-unsaturated/α-hetero) is 1. The van der Waals surface area contributed by atoms with Crippen LogP contribution in [0.4, 0.5) is 0 Å². The number of hydrogen-bond acceptors (Lipinski definition) is 6. The summed E-state index contributed by atoms with van der Waals surface area (Å²) in [6, 6.07) is -1.20. The van der Waals surface area contributed by atoms with Crippen molar-refractivity contribution in [2.24, 2.45) is 16.7 Å². The van der Waals surface area contributed by atoms with E-state index < -0.39 is 32.9 Å². The second-order valence-corrected chi connectivity index (χ2v) is 9.88. The highest BCUT2D eigenvalue weighted by molar-refractivity contribution is 7.89. The second kappa shape index (κ2) is 6.18. The second-order valence-electron chi connectivity index (χ2n) is 8.01. The van der Waals surface area contributed by atoms with Gasteiger partial charge in [0.05, 0.1) is 17.8 Å². The number of carbonyl (C=O) groups is 3. The lowest BCUT2D eigenvalue weighted by Gasteiger charge is -2.39. The molecule has 1 heterocycles. The molecule has 1 aliphatic heterocycles. The lowest BCUT2D eigenvalue weighted by Crippen LogP contribution is -2.51. The van der Waals surface area contributed by atoms with E-state index in [4.69, 9.17) is 4.74 Å². The average Bonchev–Trinajstić information content (AvgIpc) is 2.88. The number of nitrogens with zero attached hydrogens (tertiary/aromatic N) is 1. The zero-order valence-electron chi connectivity index (χ0n) is 15.4. The minimum absolute atomic E-state index is 0.00734. The molecule has 0 saturated heterocycles. The molecular formula is C18H25NO6S. The number of fused-ring (bicyclic) bond motifs is 2. The van der Waals surface area contributed by atoms with Crippen molar-refractivity contribution in [1.29, 1.82) is 0 Å². The SMILES string of the molecule is CCOC(=O)[C@H]1CC(=O)C=CN1S(=O)(=O)C[C@@]12CC[C@H](CC1=O)C2(C)C. The molecule has 0 N–H and O–H groups in total. The molecule has 3 atom stereocenters. The van der Waals surface area contributed by atoms with Gasteiger partial charge in [-0.3, -0.25) is 13.9 Å². The van der Waals surface area contributed by atoms with Gasteiger partial charge in [0, 0.05) is 19.0 Å². The largest absolute Gasteiger partial charge is 0.464 e. The molecular weight excluding hydrogens is 358 g/mol. The van der Waals surface area contributed by atoms with Crippen molar-refractivity contribution < 1.29 is 27.5 Å². The number of allylic oxidation sites excluding steroid dienone is 1. The summed E-state index contributed by atoms with van der Waals surface area (Å²) in [6.45, 7) is 5.64. The maximum atomic E-state index is 13.2. The first kappa shape index (κ1) is 19.1. The fraction of sp³-hybridized carbons (Fsp3) is 0.722. The molecule has 0 aromatic carbocycles. The van der Waals surface area contributed by atoms with Crippen molar-refractivity contribution in [2.75, 3.05) is 12.4 Å². The molecule has 2 bridgehead atoms. The Kier molecular flexibility index (Phi) is 4.53. The van der Waals surface area contributed by atoms with Crippen LogP contribution in [0.25, 0.3) is 0 Å². The summed E-state index contributed by atoms with van der Waals surface area (Å²) in [4.78, 5) is 36.6. The van der Waals surface area contributed by atoms with Gasteiger partial charge in [0.2, 0.25) is 10.0 Å². The van der Waals surface area contributed by atoms with E-state index in [9.17, 15) is 22.8 Å². The van der Waals surface area contributed by atoms with Crippen molar-refractivity contribution >= 4 is 27.6 Å². The number of hydrogen-bond donors (Lipinski definition) is 0. The van der Waals surface area contributed by atoms with Gasteiger partial charge >= 0.3 is 5.97 Å². The zero-order chi connectivity index (χ0) is 19.3. The number of carbonyl (C=O) groups excluding carboxylic acids is 3. The highest BCUT2D eigenvalue weighted by atomic mass is 32.2. The molecule has 0 unspecified atom stereocenters. The lowest BCUT2D eigenvalue weighted by molar-refractivity contribution is -0.148. The fourth-order valence-electron chi connectivity index (χ4n) is 4.82. The molecule has 0 amide bonds. The third kappa shape index (κ3) is 2.69. The lowest BCUT2D eigenvalue weighted by atomic mass is 9.70. The van der Waals surface area contributed by atoms with Crippen LogP contribution in [-0.4, -0.2) is 48.7 Å². The number of esters is 1. The van der Waals surface area contributed by atoms with Crippen molar-refractivity contribution in [2.45, 2.75) is 52.5 Å². The first-order valence-electron chi connectivity index (χ1n) is 8.97. The molecule has 2 aliphatic carbocycles. The van der Waals surface area contributed by atoms with Crippen LogP contribution in [-0.2, 0) is 29.1 Å². The van der Waals surface area contributed by atoms with Crippen molar-refractivity contribution in [3.8, 4) is 0 Å². The van der Waals surface area contributed by atoms with E-state index in [0.29, 0.717) is 12.8 Å². The molecule has 7 nitrogen and oxygen atoms in total. The Balaban J connectivity index is 1.94. The molecule has 2 saturated carbocycles. The first-order chi connectivity index (χ1) is 12.0. The summed E-state index contributed by atoms with van der Waals surface area (Å²) in [5.41, 5.74) is -1.32. The predicted octanol–water partition coefficient (Wildman–Crippen LogP) is 1.43. The highest BCUT2D eigenvalue weighted by Crippen LogP contribution is 2.64. The first-order valence-corrected chi connectivity index (χ1v) is 10.6. The summed E-state index contributed by atoms with van der Waals surface area (Å²) in [5, 5.41) is 0. The van der Waals surface area contributed by atoms with Gasteiger partial charge in [-0.25, -0.2) is 13.2 Å². The standard InChI is InChI=1S/C18H25NO6S/c1-4-25-16(22)14-10-13(20)6-8-19(14)26(23,24)11-18-7-5-12(9-15(18)21)17(18,2)3/h6,8,12,14H,4-5,7,9-11H2,1-3H3/t12-,14-,18+/m1/s1. The molecule has 2 fully saturated rings. The number of sulfonamides is 1. The molecule has 0 spiro atoms. The fourth-order valence-corrected chi connectivity index (χ4v) is 7.06. The molecule has 144 valence electrons. The summed E-state index contributed by atoms with van der Waals surface area (Å²) in [5.74, 6) is -1.22. The smallest absolute Gasteiger partial charge is 0.330 e. The van der Waals surface area contributed by atoms with Gasteiger partial charge in [-0.15, -0.1) is 0 Å². The van der Waals surface area contributed by atoms with Crippen LogP contribution < -0.4 is 0 Å².